The molecule has 24 heavy (non-hydrogen) atoms. The predicted octanol–water partition coefficient (Wildman–Crippen LogP) is 3.94. The third-order valence-corrected chi connectivity index (χ3v) is 5.39. The van der Waals surface area contributed by atoms with Gasteiger partial charge in [0.2, 0.25) is 10.0 Å². The van der Waals surface area contributed by atoms with Crippen LogP contribution in [-0.2, 0) is 15.4 Å². The van der Waals surface area contributed by atoms with Crippen LogP contribution in [0.25, 0.3) is 0 Å². The van der Waals surface area contributed by atoms with Gasteiger partial charge in [-0.1, -0.05) is 32.9 Å². The van der Waals surface area contributed by atoms with Crippen LogP contribution in [0.2, 0.25) is 0 Å². The topological polar surface area (TPSA) is 49.4 Å². The zero-order valence-electron chi connectivity index (χ0n) is 15.9. The quantitative estimate of drug-likeness (QED) is 0.893. The molecule has 1 aliphatic heterocycles. The Bertz CT molecular complexity index is 675. The predicted molar refractivity (Wildman–Crippen MR) is 102 cm³/mol. The second-order valence-electron chi connectivity index (χ2n) is 8.32. The molecule has 1 saturated heterocycles. The van der Waals surface area contributed by atoms with Crippen LogP contribution >= 0.6 is 0 Å². The molecule has 5 heteroatoms. The van der Waals surface area contributed by atoms with Crippen molar-refractivity contribution >= 4 is 15.7 Å². The van der Waals surface area contributed by atoms with Crippen molar-refractivity contribution in [2.24, 2.45) is 0 Å². The van der Waals surface area contributed by atoms with Crippen molar-refractivity contribution in [1.82, 2.24) is 4.90 Å². The highest BCUT2D eigenvalue weighted by Gasteiger charge is 2.30. The third kappa shape index (κ3) is 4.73. The molecule has 4 nitrogen and oxygen atoms in total. The van der Waals surface area contributed by atoms with E-state index >= 15 is 0 Å². The fourth-order valence-corrected chi connectivity index (χ4v) is 4.24. The molecule has 2 rings (SSSR count). The monoisotopic (exact) mass is 352 g/mol. The molecule has 1 aromatic carbocycles. The molecule has 0 aromatic heterocycles. The van der Waals surface area contributed by atoms with Crippen molar-refractivity contribution in [3.63, 3.8) is 0 Å². The number of hydrogen-bond acceptors (Lipinski definition) is 3. The first kappa shape index (κ1) is 19.3. The van der Waals surface area contributed by atoms with Crippen molar-refractivity contribution in [2.75, 3.05) is 24.1 Å². The minimum atomic E-state index is -3.29. The Hall–Kier alpha value is -1.07. The average molecular weight is 353 g/mol. The summed E-state index contributed by atoms with van der Waals surface area (Å²) in [4.78, 5) is 2.50. The van der Waals surface area contributed by atoms with Gasteiger partial charge in [-0.2, -0.15) is 0 Å². The number of sulfonamides is 1. The van der Waals surface area contributed by atoms with Crippen LogP contribution in [0, 0.1) is 0 Å². The van der Waals surface area contributed by atoms with Crippen molar-refractivity contribution < 1.29 is 8.42 Å². The maximum atomic E-state index is 11.8. The third-order valence-electron chi connectivity index (χ3n) is 4.80. The summed E-state index contributed by atoms with van der Waals surface area (Å²) in [6, 6.07) is 6.53. The lowest BCUT2D eigenvalue weighted by Crippen LogP contribution is -2.39. The van der Waals surface area contributed by atoms with Crippen LogP contribution in [0.1, 0.15) is 64.5 Å². The average Bonchev–Trinajstić information content (AvgIpc) is 2.44. The maximum absolute atomic E-state index is 11.8. The maximum Gasteiger partial charge on any atom is 0.229 e. The summed E-state index contributed by atoms with van der Waals surface area (Å²) >= 11 is 0. The summed E-state index contributed by atoms with van der Waals surface area (Å²) < 4.78 is 26.5. The normalized spacial score (nSPS) is 20.4. The van der Waals surface area contributed by atoms with Crippen molar-refractivity contribution in [3.05, 3.63) is 29.3 Å². The summed E-state index contributed by atoms with van der Waals surface area (Å²) in [6.07, 6.45) is 3.48. The molecule has 1 aliphatic rings. The van der Waals surface area contributed by atoms with Gasteiger partial charge in [0.25, 0.3) is 0 Å². The van der Waals surface area contributed by atoms with E-state index in [0.29, 0.717) is 12.0 Å². The number of piperidine rings is 1. The summed E-state index contributed by atoms with van der Waals surface area (Å²) in [5.41, 5.74) is 3.15. The van der Waals surface area contributed by atoms with Gasteiger partial charge in [-0.05, 0) is 61.8 Å². The molecule has 136 valence electrons. The van der Waals surface area contributed by atoms with Gasteiger partial charge in [-0.3, -0.25) is 4.72 Å². The Kier molecular flexibility index (Phi) is 5.65. The van der Waals surface area contributed by atoms with Crippen molar-refractivity contribution in [2.45, 2.75) is 64.8 Å². The Morgan fingerprint density at radius 1 is 1.25 bits per heavy atom. The zero-order chi connectivity index (χ0) is 18.1. The second-order valence-corrected chi connectivity index (χ2v) is 10.1. The molecule has 0 radical (unpaired) electrons. The first-order valence-corrected chi connectivity index (χ1v) is 10.7. The summed E-state index contributed by atoms with van der Waals surface area (Å²) in [5.74, 6) is 0.362. The molecule has 1 atom stereocenters. The second kappa shape index (κ2) is 7.04. The molecule has 1 fully saturated rings. The molecular weight excluding hydrogens is 320 g/mol. The van der Waals surface area contributed by atoms with Crippen molar-refractivity contribution in [3.8, 4) is 0 Å². The molecule has 0 saturated carbocycles. The van der Waals surface area contributed by atoms with Crippen LogP contribution in [0.15, 0.2) is 18.2 Å². The standard InChI is InChI=1S/C19H32N2O2S/c1-14(2)21-12-8-9-15(13-21)18-16(19(3,4)5)10-7-11-17(18)20-24(6,22)23/h7,10-11,14-15,20H,8-9,12-13H2,1-6H3. The molecule has 0 amide bonds. The van der Waals surface area contributed by atoms with Gasteiger partial charge in [0.15, 0.2) is 0 Å². The van der Waals surface area contributed by atoms with Crippen LogP contribution in [0.4, 0.5) is 5.69 Å². The van der Waals surface area contributed by atoms with Crippen LogP contribution in [0.5, 0.6) is 0 Å². The molecule has 1 heterocycles. The highest BCUT2D eigenvalue weighted by atomic mass is 32.2. The molecule has 1 unspecified atom stereocenters. The van der Waals surface area contributed by atoms with Crippen LogP contribution in [0.3, 0.4) is 0 Å². The van der Waals surface area contributed by atoms with Gasteiger partial charge >= 0.3 is 0 Å². The van der Waals surface area contributed by atoms with Gasteiger partial charge in [0.1, 0.15) is 0 Å². The SMILES string of the molecule is CC(C)N1CCCC(c2c(NS(C)(=O)=O)cccc2C(C)(C)C)C1. The van der Waals surface area contributed by atoms with Gasteiger partial charge in [-0.25, -0.2) is 8.42 Å². The highest BCUT2D eigenvalue weighted by Crippen LogP contribution is 2.40. The summed E-state index contributed by atoms with van der Waals surface area (Å²) in [6.45, 7) is 13.2. The van der Waals surface area contributed by atoms with E-state index in [1.54, 1.807) is 0 Å². The summed E-state index contributed by atoms with van der Waals surface area (Å²) in [5, 5.41) is 0. The molecular formula is C19H32N2O2S. The Balaban J connectivity index is 2.52. The minimum Gasteiger partial charge on any atom is -0.300 e. The van der Waals surface area contributed by atoms with Gasteiger partial charge < -0.3 is 4.90 Å². The van der Waals surface area contributed by atoms with E-state index in [-0.39, 0.29) is 5.41 Å². The number of nitrogens with zero attached hydrogens (tertiary/aromatic N) is 1. The van der Waals surface area contributed by atoms with E-state index in [0.717, 1.165) is 31.6 Å². The van der Waals surface area contributed by atoms with Gasteiger partial charge in [0, 0.05) is 12.6 Å². The molecule has 0 spiro atoms. The van der Waals surface area contributed by atoms with E-state index in [9.17, 15) is 8.42 Å². The first-order valence-electron chi connectivity index (χ1n) is 8.84. The van der Waals surface area contributed by atoms with Gasteiger partial charge in [0.05, 0.1) is 11.9 Å². The Labute approximate surface area is 147 Å². The van der Waals surface area contributed by atoms with E-state index < -0.39 is 10.0 Å². The largest absolute Gasteiger partial charge is 0.300 e. The van der Waals surface area contributed by atoms with Crippen molar-refractivity contribution in [1.29, 1.82) is 0 Å². The molecule has 0 aliphatic carbocycles. The molecule has 0 bridgehead atoms. The number of likely N-dealkylation sites (tertiary alicyclic amines) is 1. The molecule has 1 aromatic rings. The molecule has 1 N–H and O–H groups in total. The fraction of sp³-hybridized carbons (Fsp3) is 0.684. The lowest BCUT2D eigenvalue weighted by Gasteiger charge is -2.38. The number of hydrogen-bond donors (Lipinski definition) is 1. The van der Waals surface area contributed by atoms with Crippen LogP contribution in [-0.4, -0.2) is 38.7 Å². The lowest BCUT2D eigenvalue weighted by molar-refractivity contribution is 0.167. The lowest BCUT2D eigenvalue weighted by atomic mass is 9.77. The fourth-order valence-electron chi connectivity index (χ4n) is 3.66. The number of nitrogens with one attached hydrogen (secondary N) is 1. The summed E-state index contributed by atoms with van der Waals surface area (Å²) in [7, 11) is -3.29. The number of rotatable bonds is 4. The van der Waals surface area contributed by atoms with Gasteiger partial charge in [-0.15, -0.1) is 0 Å². The van der Waals surface area contributed by atoms with E-state index in [1.165, 1.54) is 17.4 Å². The first-order chi connectivity index (χ1) is 11.0. The number of benzene rings is 1. The van der Waals surface area contributed by atoms with E-state index in [1.807, 2.05) is 12.1 Å². The number of anilines is 1. The van der Waals surface area contributed by atoms with Crippen LogP contribution < -0.4 is 4.72 Å². The Morgan fingerprint density at radius 3 is 2.46 bits per heavy atom. The highest BCUT2D eigenvalue weighted by molar-refractivity contribution is 7.92. The minimum absolute atomic E-state index is 0.0232. The Morgan fingerprint density at radius 2 is 1.92 bits per heavy atom. The van der Waals surface area contributed by atoms with E-state index in [2.05, 4.69) is 50.3 Å². The van der Waals surface area contributed by atoms with E-state index in [4.69, 9.17) is 0 Å². The smallest absolute Gasteiger partial charge is 0.229 e. The zero-order valence-corrected chi connectivity index (χ0v) is 16.7.